The first-order valence-corrected chi connectivity index (χ1v) is 10.4. The lowest BCUT2D eigenvalue weighted by atomic mass is 10.0. The van der Waals surface area contributed by atoms with E-state index in [-0.39, 0.29) is 31.4 Å². The number of amides is 2. The zero-order valence-corrected chi connectivity index (χ0v) is 18.4. The van der Waals surface area contributed by atoms with Crippen LogP contribution in [0.15, 0.2) is 47.5 Å². The minimum Gasteiger partial charge on any atom is -0.458 e. The first-order chi connectivity index (χ1) is 14.7. The number of hydrogen-bond donors (Lipinski definition) is 1. The van der Waals surface area contributed by atoms with Gasteiger partial charge in [-0.1, -0.05) is 42.5 Å². The molecular weight excluding hydrogens is 398 g/mol. The van der Waals surface area contributed by atoms with Crippen molar-refractivity contribution in [3.05, 3.63) is 48.0 Å². The van der Waals surface area contributed by atoms with Crippen LogP contribution >= 0.6 is 0 Å². The number of allylic oxidation sites excluding steroid dienone is 2. The molecule has 2 rings (SSSR count). The SMILES string of the molecule is CN1CC(=O)OC(C)(C)CCC/C=C/CCC(=O)N/C1=N\C(=O)OCc1ccccc1. The van der Waals surface area contributed by atoms with Crippen LogP contribution in [0.25, 0.3) is 0 Å². The maximum absolute atomic E-state index is 12.4. The molecule has 0 bridgehead atoms. The highest BCUT2D eigenvalue weighted by Crippen LogP contribution is 2.19. The van der Waals surface area contributed by atoms with E-state index in [9.17, 15) is 14.4 Å². The Morgan fingerprint density at radius 2 is 1.90 bits per heavy atom. The van der Waals surface area contributed by atoms with Gasteiger partial charge in [0.2, 0.25) is 11.9 Å². The molecule has 2 amide bonds. The molecule has 0 saturated carbocycles. The van der Waals surface area contributed by atoms with Crippen molar-refractivity contribution in [2.75, 3.05) is 13.6 Å². The summed E-state index contributed by atoms with van der Waals surface area (Å²) in [6, 6.07) is 9.19. The van der Waals surface area contributed by atoms with Crippen LogP contribution in [-0.4, -0.2) is 48.0 Å². The van der Waals surface area contributed by atoms with Crippen molar-refractivity contribution in [2.45, 2.75) is 58.2 Å². The van der Waals surface area contributed by atoms with Crippen molar-refractivity contribution in [1.82, 2.24) is 10.2 Å². The smallest absolute Gasteiger partial charge is 0.437 e. The number of ether oxygens (including phenoxy) is 2. The van der Waals surface area contributed by atoms with Gasteiger partial charge in [0, 0.05) is 13.5 Å². The molecule has 1 N–H and O–H groups in total. The van der Waals surface area contributed by atoms with Gasteiger partial charge in [0.1, 0.15) is 18.8 Å². The van der Waals surface area contributed by atoms with E-state index in [1.165, 1.54) is 4.90 Å². The summed E-state index contributed by atoms with van der Waals surface area (Å²) >= 11 is 0. The van der Waals surface area contributed by atoms with Crippen molar-refractivity contribution < 1.29 is 23.9 Å². The van der Waals surface area contributed by atoms with Gasteiger partial charge >= 0.3 is 12.1 Å². The standard InChI is InChI=1S/C23H31N3O5/c1-23(2)15-11-6-4-5-10-14-19(27)24-21(26(3)16-20(28)31-23)25-22(29)30-17-18-12-8-7-9-13-18/h4-5,7-9,12-13H,6,10-11,14-17H2,1-3H3,(H,24,25,27,29)/b5-4+. The number of carbonyl (C=O) groups is 3. The molecule has 168 valence electrons. The Bertz CT molecular complexity index is 818. The second kappa shape index (κ2) is 11.9. The Labute approximate surface area is 183 Å². The number of rotatable bonds is 2. The molecule has 1 aliphatic heterocycles. The Hall–Kier alpha value is -3.16. The number of aliphatic imine (C=N–C) groups is 1. The van der Waals surface area contributed by atoms with Crippen LogP contribution in [0.4, 0.5) is 4.79 Å². The lowest BCUT2D eigenvalue weighted by Crippen LogP contribution is -2.45. The van der Waals surface area contributed by atoms with Crippen LogP contribution in [0.5, 0.6) is 0 Å². The van der Waals surface area contributed by atoms with E-state index in [1.807, 2.05) is 56.3 Å². The fraction of sp³-hybridized carbons (Fsp3) is 0.478. The van der Waals surface area contributed by atoms with E-state index in [1.54, 1.807) is 7.05 Å². The van der Waals surface area contributed by atoms with E-state index < -0.39 is 17.7 Å². The molecule has 31 heavy (non-hydrogen) atoms. The number of nitrogens with one attached hydrogen (secondary N) is 1. The predicted molar refractivity (Wildman–Crippen MR) is 117 cm³/mol. The van der Waals surface area contributed by atoms with Crippen LogP contribution in [0.3, 0.4) is 0 Å². The molecule has 8 heteroatoms. The topological polar surface area (TPSA) is 97.3 Å². The number of hydrogen-bond acceptors (Lipinski definition) is 5. The molecular formula is C23H31N3O5. The summed E-state index contributed by atoms with van der Waals surface area (Å²) in [5.41, 5.74) is 0.203. The summed E-state index contributed by atoms with van der Waals surface area (Å²) in [7, 11) is 1.55. The van der Waals surface area contributed by atoms with Crippen molar-refractivity contribution >= 4 is 23.9 Å². The molecule has 0 atom stereocenters. The zero-order chi connectivity index (χ0) is 22.7. The van der Waals surface area contributed by atoms with E-state index >= 15 is 0 Å². The van der Waals surface area contributed by atoms with Gasteiger partial charge in [-0.2, -0.15) is 0 Å². The normalized spacial score (nSPS) is 20.7. The van der Waals surface area contributed by atoms with Crippen LogP contribution in [0.1, 0.15) is 51.5 Å². The summed E-state index contributed by atoms with van der Waals surface area (Å²) < 4.78 is 10.7. The third kappa shape index (κ3) is 9.46. The van der Waals surface area contributed by atoms with Crippen molar-refractivity contribution in [2.24, 2.45) is 4.99 Å². The molecule has 1 aromatic rings. The van der Waals surface area contributed by atoms with Gasteiger partial charge in [0.25, 0.3) is 0 Å². The van der Waals surface area contributed by atoms with Crippen molar-refractivity contribution in [3.8, 4) is 0 Å². The second-order valence-corrected chi connectivity index (χ2v) is 8.02. The fourth-order valence-electron chi connectivity index (χ4n) is 2.99. The average Bonchev–Trinajstić information content (AvgIpc) is 2.71. The number of carbonyl (C=O) groups excluding carboxylic acids is 3. The summed E-state index contributed by atoms with van der Waals surface area (Å²) in [5.74, 6) is -0.844. The molecule has 0 saturated heterocycles. The van der Waals surface area contributed by atoms with Gasteiger partial charge < -0.3 is 14.4 Å². The number of nitrogens with zero attached hydrogens (tertiary/aromatic N) is 2. The molecule has 0 radical (unpaired) electrons. The predicted octanol–water partition coefficient (Wildman–Crippen LogP) is 3.57. The van der Waals surface area contributed by atoms with Crippen molar-refractivity contribution in [1.29, 1.82) is 0 Å². The maximum Gasteiger partial charge on any atom is 0.437 e. The number of guanidine groups is 1. The van der Waals surface area contributed by atoms with Gasteiger partial charge in [-0.25, -0.2) is 4.79 Å². The highest BCUT2D eigenvalue weighted by molar-refractivity contribution is 6.01. The van der Waals surface area contributed by atoms with E-state index in [2.05, 4.69) is 10.3 Å². The first-order valence-electron chi connectivity index (χ1n) is 10.4. The Kier molecular flexibility index (Phi) is 9.24. The highest BCUT2D eigenvalue weighted by Gasteiger charge is 2.24. The number of cyclic esters (lactones) is 1. The number of likely N-dealkylation sites (N-methyl/N-ethyl adjacent to an activating group) is 1. The zero-order valence-electron chi connectivity index (χ0n) is 18.4. The van der Waals surface area contributed by atoms with Gasteiger partial charge in [0.05, 0.1) is 0 Å². The number of esters is 1. The molecule has 1 aromatic carbocycles. The quantitative estimate of drug-likeness (QED) is 0.570. The van der Waals surface area contributed by atoms with Crippen LogP contribution in [0.2, 0.25) is 0 Å². The molecule has 0 aromatic heterocycles. The van der Waals surface area contributed by atoms with Crippen LogP contribution in [-0.2, 0) is 25.7 Å². The van der Waals surface area contributed by atoms with Crippen LogP contribution in [0, 0.1) is 0 Å². The highest BCUT2D eigenvalue weighted by atomic mass is 16.6. The van der Waals surface area contributed by atoms with Gasteiger partial charge in [-0.05, 0) is 45.1 Å². The lowest BCUT2D eigenvalue weighted by Gasteiger charge is -2.27. The third-order valence-corrected chi connectivity index (χ3v) is 4.63. The molecule has 1 heterocycles. The fourth-order valence-corrected chi connectivity index (χ4v) is 2.99. The Balaban J connectivity index is 2.12. The minimum atomic E-state index is -0.863. The van der Waals surface area contributed by atoms with Gasteiger partial charge in [-0.3, -0.25) is 14.9 Å². The molecule has 1 aliphatic rings. The Morgan fingerprint density at radius 1 is 1.19 bits per heavy atom. The van der Waals surface area contributed by atoms with Crippen LogP contribution < -0.4 is 5.32 Å². The average molecular weight is 430 g/mol. The molecule has 8 nitrogen and oxygen atoms in total. The van der Waals surface area contributed by atoms with E-state index in [0.717, 1.165) is 24.8 Å². The summed E-state index contributed by atoms with van der Waals surface area (Å²) in [6.45, 7) is 3.61. The minimum absolute atomic E-state index is 0.0507. The lowest BCUT2D eigenvalue weighted by molar-refractivity contribution is -0.157. The molecule has 0 fully saturated rings. The van der Waals surface area contributed by atoms with Crippen molar-refractivity contribution in [3.63, 3.8) is 0 Å². The molecule has 0 spiro atoms. The molecule has 0 aliphatic carbocycles. The van der Waals surface area contributed by atoms with Gasteiger partial charge in [0.15, 0.2) is 0 Å². The Morgan fingerprint density at radius 3 is 2.65 bits per heavy atom. The summed E-state index contributed by atoms with van der Waals surface area (Å²) in [4.78, 5) is 42.2. The monoisotopic (exact) mass is 429 g/mol. The summed E-state index contributed by atoms with van der Waals surface area (Å²) in [6.07, 6.45) is 6.36. The molecule has 0 unspecified atom stereocenters. The maximum atomic E-state index is 12.4. The van der Waals surface area contributed by atoms with Gasteiger partial charge in [-0.15, -0.1) is 4.99 Å². The largest absolute Gasteiger partial charge is 0.458 e. The summed E-state index contributed by atoms with van der Waals surface area (Å²) in [5, 5.41) is 2.60. The number of benzene rings is 1. The first kappa shape index (κ1) is 24.1. The van der Waals surface area contributed by atoms with E-state index in [0.29, 0.717) is 6.42 Å². The second-order valence-electron chi connectivity index (χ2n) is 8.02. The van der Waals surface area contributed by atoms with E-state index in [4.69, 9.17) is 9.47 Å². The third-order valence-electron chi connectivity index (χ3n) is 4.63.